The zero-order valence-electron chi connectivity index (χ0n) is 13.9. The summed E-state index contributed by atoms with van der Waals surface area (Å²) >= 11 is 0. The van der Waals surface area contributed by atoms with Gasteiger partial charge in [-0.3, -0.25) is 19.7 Å². The summed E-state index contributed by atoms with van der Waals surface area (Å²) in [4.78, 5) is 36.9. The van der Waals surface area contributed by atoms with E-state index in [1.807, 2.05) is 13.8 Å². The topological polar surface area (TPSA) is 114 Å². The number of non-ortho nitro benzene ring substituents is 1. The van der Waals surface area contributed by atoms with Crippen LogP contribution in [0, 0.1) is 16.0 Å². The van der Waals surface area contributed by atoms with E-state index in [0.717, 1.165) is 0 Å². The molecule has 2 aromatic rings. The minimum absolute atomic E-state index is 0.0853. The van der Waals surface area contributed by atoms with Gasteiger partial charge >= 0.3 is 0 Å². The largest absolute Gasteiger partial charge is 0.488 e. The predicted octanol–water partition coefficient (Wildman–Crippen LogP) is 2.25. The Bertz CT molecular complexity index is 812. The zero-order chi connectivity index (χ0) is 18.4. The maximum atomic E-state index is 12.0. The molecule has 25 heavy (non-hydrogen) atoms. The number of rotatable bonds is 7. The Kier molecular flexibility index (Phi) is 5.89. The highest BCUT2D eigenvalue weighted by Crippen LogP contribution is 2.12. The monoisotopic (exact) mass is 345 g/mol. The van der Waals surface area contributed by atoms with Gasteiger partial charge in [0, 0.05) is 35.7 Å². The summed E-state index contributed by atoms with van der Waals surface area (Å²) < 4.78 is 5.39. The lowest BCUT2D eigenvalue weighted by atomic mass is 10.2. The average Bonchev–Trinajstić information content (AvgIpc) is 2.58. The molecule has 8 heteroatoms. The maximum absolute atomic E-state index is 12.0. The summed E-state index contributed by atoms with van der Waals surface area (Å²) in [7, 11) is 0. The van der Waals surface area contributed by atoms with Gasteiger partial charge < -0.3 is 15.0 Å². The first-order valence-corrected chi connectivity index (χ1v) is 7.74. The number of ether oxygens (including phenoxy) is 1. The molecule has 0 aliphatic heterocycles. The van der Waals surface area contributed by atoms with Gasteiger partial charge in [-0.15, -0.1) is 0 Å². The molecule has 0 aliphatic rings. The van der Waals surface area contributed by atoms with Crippen molar-refractivity contribution in [2.45, 2.75) is 20.4 Å². The van der Waals surface area contributed by atoms with Gasteiger partial charge in [-0.2, -0.15) is 0 Å². The van der Waals surface area contributed by atoms with Crippen molar-refractivity contribution in [2.24, 2.45) is 5.92 Å². The summed E-state index contributed by atoms with van der Waals surface area (Å²) in [5.74, 6) is 0.148. The number of pyridine rings is 1. The van der Waals surface area contributed by atoms with Crippen LogP contribution in [0.5, 0.6) is 5.75 Å². The number of carbonyl (C=O) groups excluding carboxylic acids is 1. The lowest BCUT2D eigenvalue weighted by Crippen LogP contribution is -2.24. The molecule has 0 bridgehead atoms. The smallest absolute Gasteiger partial charge is 0.269 e. The predicted molar refractivity (Wildman–Crippen MR) is 91.7 cm³/mol. The molecule has 0 saturated carbocycles. The van der Waals surface area contributed by atoms with Crippen molar-refractivity contribution in [3.8, 4) is 5.75 Å². The van der Waals surface area contributed by atoms with Gasteiger partial charge in [-0.05, 0) is 18.1 Å². The van der Waals surface area contributed by atoms with Crippen LogP contribution in [0.1, 0.15) is 29.9 Å². The van der Waals surface area contributed by atoms with E-state index in [1.54, 1.807) is 0 Å². The van der Waals surface area contributed by atoms with E-state index in [9.17, 15) is 19.7 Å². The van der Waals surface area contributed by atoms with Crippen molar-refractivity contribution < 1.29 is 14.5 Å². The number of aromatic amines is 1. The number of nitrogens with zero attached hydrogens (tertiary/aromatic N) is 1. The molecular formula is C17H19N3O5. The van der Waals surface area contributed by atoms with E-state index in [0.29, 0.717) is 23.8 Å². The number of nitrogens with one attached hydrogen (secondary N) is 2. The molecule has 0 aliphatic carbocycles. The molecule has 1 aromatic carbocycles. The van der Waals surface area contributed by atoms with Crippen molar-refractivity contribution in [3.05, 3.63) is 68.1 Å². The first-order valence-electron chi connectivity index (χ1n) is 7.74. The SMILES string of the molecule is CC(C)COc1c[nH]c(CNC(=O)c2ccc([N+](=O)[O-])cc2)cc1=O. The quantitative estimate of drug-likeness (QED) is 0.590. The number of nitro benzene ring substituents is 1. The van der Waals surface area contributed by atoms with Crippen LogP contribution in [0.25, 0.3) is 0 Å². The van der Waals surface area contributed by atoms with Crippen molar-refractivity contribution in [1.82, 2.24) is 10.3 Å². The molecule has 0 saturated heterocycles. The van der Waals surface area contributed by atoms with Gasteiger partial charge in [0.05, 0.1) is 18.1 Å². The van der Waals surface area contributed by atoms with Crippen LogP contribution in [-0.2, 0) is 6.54 Å². The molecule has 8 nitrogen and oxygen atoms in total. The molecule has 132 valence electrons. The van der Waals surface area contributed by atoms with Crippen LogP contribution < -0.4 is 15.5 Å². The van der Waals surface area contributed by atoms with Crippen LogP contribution in [0.4, 0.5) is 5.69 Å². The van der Waals surface area contributed by atoms with Crippen LogP contribution in [-0.4, -0.2) is 22.4 Å². The van der Waals surface area contributed by atoms with E-state index in [1.165, 1.54) is 36.5 Å². The van der Waals surface area contributed by atoms with Gasteiger partial charge in [0.15, 0.2) is 5.75 Å². The van der Waals surface area contributed by atoms with Crippen LogP contribution in [0.3, 0.4) is 0 Å². The molecular weight excluding hydrogens is 326 g/mol. The first-order chi connectivity index (χ1) is 11.9. The molecule has 1 amide bonds. The number of nitro groups is 1. The number of amides is 1. The second-order valence-electron chi connectivity index (χ2n) is 5.88. The minimum Gasteiger partial charge on any atom is -0.488 e. The number of hydrogen-bond donors (Lipinski definition) is 2. The third kappa shape index (κ3) is 5.17. The highest BCUT2D eigenvalue weighted by Gasteiger charge is 2.10. The van der Waals surface area contributed by atoms with Gasteiger partial charge in [-0.25, -0.2) is 0 Å². The number of aromatic nitrogens is 1. The number of carbonyl (C=O) groups is 1. The summed E-state index contributed by atoms with van der Waals surface area (Å²) in [6.07, 6.45) is 1.47. The summed E-state index contributed by atoms with van der Waals surface area (Å²) in [6, 6.07) is 6.64. The Morgan fingerprint density at radius 2 is 2.00 bits per heavy atom. The molecule has 0 radical (unpaired) electrons. The lowest BCUT2D eigenvalue weighted by molar-refractivity contribution is -0.384. The van der Waals surface area contributed by atoms with Crippen molar-refractivity contribution in [2.75, 3.05) is 6.61 Å². The first kappa shape index (κ1) is 18.2. The van der Waals surface area contributed by atoms with Crippen molar-refractivity contribution in [1.29, 1.82) is 0 Å². The van der Waals surface area contributed by atoms with Gasteiger partial charge in [0.1, 0.15) is 0 Å². The molecule has 2 N–H and O–H groups in total. The second kappa shape index (κ2) is 8.09. The highest BCUT2D eigenvalue weighted by atomic mass is 16.6. The standard InChI is InChI=1S/C17H19N3O5/c1-11(2)10-25-16-9-18-13(7-15(16)21)8-19-17(22)12-3-5-14(6-4-12)20(23)24/h3-7,9,11H,8,10H2,1-2H3,(H,18,21)(H,19,22). The minimum atomic E-state index is -0.532. The zero-order valence-corrected chi connectivity index (χ0v) is 13.9. The van der Waals surface area contributed by atoms with Crippen LogP contribution in [0.2, 0.25) is 0 Å². The summed E-state index contributed by atoms with van der Waals surface area (Å²) in [5.41, 5.74) is 0.471. The maximum Gasteiger partial charge on any atom is 0.269 e. The molecule has 0 fully saturated rings. The lowest BCUT2D eigenvalue weighted by Gasteiger charge is -2.09. The van der Waals surface area contributed by atoms with Gasteiger partial charge in [0.2, 0.25) is 5.43 Å². The molecule has 1 aromatic heterocycles. The highest BCUT2D eigenvalue weighted by molar-refractivity contribution is 5.94. The third-order valence-corrected chi connectivity index (χ3v) is 3.29. The van der Waals surface area contributed by atoms with E-state index >= 15 is 0 Å². The van der Waals surface area contributed by atoms with Crippen LogP contribution in [0.15, 0.2) is 41.3 Å². The Balaban J connectivity index is 1.96. The second-order valence-corrected chi connectivity index (χ2v) is 5.88. The molecule has 0 unspecified atom stereocenters. The number of hydrogen-bond acceptors (Lipinski definition) is 5. The number of H-pyrrole nitrogens is 1. The summed E-state index contributed by atoms with van der Waals surface area (Å²) in [5, 5.41) is 13.2. The molecule has 1 heterocycles. The van der Waals surface area contributed by atoms with Crippen LogP contribution >= 0.6 is 0 Å². The Labute approximate surface area is 144 Å². The Hall–Kier alpha value is -3.16. The summed E-state index contributed by atoms with van der Waals surface area (Å²) in [6.45, 7) is 4.53. The van der Waals surface area contributed by atoms with E-state index in [2.05, 4.69) is 10.3 Å². The average molecular weight is 345 g/mol. The fourth-order valence-corrected chi connectivity index (χ4v) is 1.98. The molecule has 0 atom stereocenters. The van der Waals surface area contributed by atoms with Gasteiger partial charge in [0.25, 0.3) is 11.6 Å². The van der Waals surface area contributed by atoms with E-state index in [-0.39, 0.29) is 23.4 Å². The van der Waals surface area contributed by atoms with E-state index in [4.69, 9.17) is 4.74 Å². The fraction of sp³-hybridized carbons (Fsp3) is 0.294. The molecule has 2 rings (SSSR count). The van der Waals surface area contributed by atoms with Crippen molar-refractivity contribution in [3.63, 3.8) is 0 Å². The third-order valence-electron chi connectivity index (χ3n) is 3.29. The number of benzene rings is 1. The fourth-order valence-electron chi connectivity index (χ4n) is 1.98. The van der Waals surface area contributed by atoms with Crippen molar-refractivity contribution >= 4 is 11.6 Å². The normalized spacial score (nSPS) is 10.5. The van der Waals surface area contributed by atoms with E-state index < -0.39 is 10.8 Å². The van der Waals surface area contributed by atoms with Gasteiger partial charge in [-0.1, -0.05) is 13.8 Å². The Morgan fingerprint density at radius 3 is 2.56 bits per heavy atom. The Morgan fingerprint density at radius 1 is 1.32 bits per heavy atom. The molecule has 0 spiro atoms.